The van der Waals surface area contributed by atoms with Gasteiger partial charge in [-0.25, -0.2) is 4.99 Å². The van der Waals surface area contributed by atoms with Crippen molar-refractivity contribution in [3.63, 3.8) is 0 Å². The Kier molecular flexibility index (Phi) is 3.49. The molecule has 4 bridgehead atoms. The predicted molar refractivity (Wildman–Crippen MR) is 105 cm³/mol. The van der Waals surface area contributed by atoms with Crippen molar-refractivity contribution < 1.29 is 0 Å². The van der Waals surface area contributed by atoms with Crippen molar-refractivity contribution in [3.8, 4) is 0 Å². The van der Waals surface area contributed by atoms with Gasteiger partial charge in [-0.05, 0) is 90.0 Å². The van der Waals surface area contributed by atoms with Crippen molar-refractivity contribution in [3.05, 3.63) is 27.8 Å². The minimum Gasteiger partial charge on any atom is -0.370 e. The van der Waals surface area contributed by atoms with Gasteiger partial charge in [-0.15, -0.1) is 0 Å². The van der Waals surface area contributed by atoms with Crippen LogP contribution in [0.1, 0.15) is 52.4 Å². The smallest absolute Gasteiger partial charge is 0.193 e. The van der Waals surface area contributed by atoms with Crippen LogP contribution in [0.25, 0.3) is 0 Å². The fourth-order valence-electron chi connectivity index (χ4n) is 6.50. The number of guanidine groups is 1. The Bertz CT molecular complexity index is 650. The highest BCUT2D eigenvalue weighted by molar-refractivity contribution is 14.1. The van der Waals surface area contributed by atoms with E-state index in [1.807, 2.05) is 12.1 Å². The first-order valence-corrected chi connectivity index (χ1v) is 9.74. The predicted octanol–water partition coefficient (Wildman–Crippen LogP) is 4.77. The number of nitrogens with one attached hydrogen (secondary N) is 1. The van der Waals surface area contributed by atoms with E-state index in [0.29, 0.717) is 16.8 Å². The highest BCUT2D eigenvalue weighted by Crippen LogP contribution is 2.67. The zero-order chi connectivity index (χ0) is 16.3. The van der Waals surface area contributed by atoms with E-state index in [0.717, 1.165) is 11.6 Å². The third-order valence-electron chi connectivity index (χ3n) is 6.09. The molecular formula is C19H26IN3. The molecule has 1 aromatic rings. The first-order chi connectivity index (χ1) is 10.8. The summed E-state index contributed by atoms with van der Waals surface area (Å²) in [4.78, 5) is 5.08. The molecular weight excluding hydrogens is 397 g/mol. The number of rotatable bonds is 2. The zero-order valence-corrected chi connectivity index (χ0v) is 16.2. The van der Waals surface area contributed by atoms with Crippen molar-refractivity contribution in [1.82, 2.24) is 0 Å². The summed E-state index contributed by atoms with van der Waals surface area (Å²) < 4.78 is 1.17. The summed E-state index contributed by atoms with van der Waals surface area (Å²) in [5.74, 6) is 1.43. The molecule has 23 heavy (non-hydrogen) atoms. The standard InChI is InChI=1S/C19H26IN3/c1-17-7-13-8-18(2,10-17)12-19(9-13,11-17)23-16(21)22-15-6-4-3-5-14(15)20/h3-6,13H,7-12H2,1-2H3,(H3,21,22,23)/t13?,17-,18+,19?. The number of nitrogens with two attached hydrogens (primary N) is 1. The van der Waals surface area contributed by atoms with Gasteiger partial charge in [0.1, 0.15) is 0 Å². The van der Waals surface area contributed by atoms with Crippen LogP contribution in [-0.4, -0.2) is 11.5 Å². The van der Waals surface area contributed by atoms with Crippen LogP contribution in [0.3, 0.4) is 0 Å². The number of aliphatic imine (C=N–C) groups is 1. The largest absolute Gasteiger partial charge is 0.370 e. The summed E-state index contributed by atoms with van der Waals surface area (Å²) in [6.45, 7) is 4.95. The van der Waals surface area contributed by atoms with Crippen molar-refractivity contribution in [2.45, 2.75) is 57.9 Å². The quantitative estimate of drug-likeness (QED) is 0.409. The third kappa shape index (κ3) is 2.87. The molecule has 0 saturated heterocycles. The van der Waals surface area contributed by atoms with Crippen LogP contribution in [0.15, 0.2) is 29.3 Å². The summed E-state index contributed by atoms with van der Waals surface area (Å²) in [5, 5.41) is 3.33. The van der Waals surface area contributed by atoms with Gasteiger partial charge in [-0.2, -0.15) is 0 Å². The molecule has 1 aromatic carbocycles. The maximum absolute atomic E-state index is 6.32. The van der Waals surface area contributed by atoms with Crippen molar-refractivity contribution in [1.29, 1.82) is 0 Å². The van der Waals surface area contributed by atoms with Crippen molar-refractivity contribution in [2.75, 3.05) is 5.32 Å². The molecule has 0 amide bonds. The van der Waals surface area contributed by atoms with E-state index in [9.17, 15) is 0 Å². The number of para-hydroxylation sites is 1. The van der Waals surface area contributed by atoms with Crippen LogP contribution >= 0.6 is 22.6 Å². The second kappa shape index (κ2) is 5.11. The monoisotopic (exact) mass is 423 g/mol. The SMILES string of the molecule is C[C@]12CC3CC(N=C(N)Nc4ccccc4I)(C1)C[C@@](C)(C3)C2. The molecule has 0 aromatic heterocycles. The molecule has 5 rings (SSSR count). The van der Waals surface area contributed by atoms with E-state index in [-0.39, 0.29) is 5.54 Å². The number of hydrogen-bond acceptors (Lipinski definition) is 1. The average molecular weight is 423 g/mol. The van der Waals surface area contributed by atoms with Crippen molar-refractivity contribution >= 4 is 34.2 Å². The van der Waals surface area contributed by atoms with Gasteiger partial charge in [0.15, 0.2) is 5.96 Å². The van der Waals surface area contributed by atoms with Crippen LogP contribution in [0, 0.1) is 20.3 Å². The fourth-order valence-corrected chi connectivity index (χ4v) is 7.02. The Morgan fingerprint density at radius 3 is 2.39 bits per heavy atom. The van der Waals surface area contributed by atoms with Gasteiger partial charge in [-0.1, -0.05) is 26.0 Å². The molecule has 0 spiro atoms. The van der Waals surface area contributed by atoms with Crippen LogP contribution in [-0.2, 0) is 0 Å². The van der Waals surface area contributed by atoms with Crippen molar-refractivity contribution in [2.24, 2.45) is 27.5 Å². The zero-order valence-electron chi connectivity index (χ0n) is 14.0. The lowest BCUT2D eigenvalue weighted by molar-refractivity contribution is -0.104. The summed E-state index contributed by atoms with van der Waals surface area (Å²) in [6, 6.07) is 8.22. The lowest BCUT2D eigenvalue weighted by Crippen LogP contribution is -2.58. The molecule has 3 nitrogen and oxygen atoms in total. The Balaban J connectivity index is 1.61. The second-order valence-electron chi connectivity index (χ2n) is 8.96. The number of nitrogens with zero attached hydrogens (tertiary/aromatic N) is 1. The van der Waals surface area contributed by atoms with Gasteiger partial charge in [0, 0.05) is 3.57 Å². The highest BCUT2D eigenvalue weighted by Gasteiger charge is 2.60. The van der Waals surface area contributed by atoms with Gasteiger partial charge in [-0.3, -0.25) is 0 Å². The maximum atomic E-state index is 6.32. The molecule has 4 heteroatoms. The first-order valence-electron chi connectivity index (χ1n) is 8.66. The Morgan fingerprint density at radius 2 is 1.78 bits per heavy atom. The minimum atomic E-state index is 0.0697. The number of hydrogen-bond donors (Lipinski definition) is 2. The normalized spacial score (nSPS) is 42.0. The molecule has 124 valence electrons. The summed E-state index contributed by atoms with van der Waals surface area (Å²) in [5.41, 5.74) is 8.38. The number of halogens is 1. The molecule has 4 atom stereocenters. The fraction of sp³-hybridized carbons (Fsp3) is 0.632. The summed E-state index contributed by atoms with van der Waals surface area (Å²) in [6.07, 6.45) is 7.80. The molecule has 4 aliphatic carbocycles. The molecule has 4 aliphatic rings. The molecule has 2 unspecified atom stereocenters. The van der Waals surface area contributed by atoms with Crippen LogP contribution < -0.4 is 11.1 Å². The van der Waals surface area contributed by atoms with E-state index in [4.69, 9.17) is 10.7 Å². The molecule has 0 heterocycles. The van der Waals surface area contributed by atoms with Crippen LogP contribution in [0.2, 0.25) is 0 Å². The van der Waals surface area contributed by atoms with Gasteiger partial charge in [0.2, 0.25) is 0 Å². The topological polar surface area (TPSA) is 50.4 Å². The molecule has 0 radical (unpaired) electrons. The van der Waals surface area contributed by atoms with Crippen LogP contribution in [0.4, 0.5) is 5.69 Å². The minimum absolute atomic E-state index is 0.0697. The average Bonchev–Trinajstić information content (AvgIpc) is 2.36. The van der Waals surface area contributed by atoms with E-state index in [2.05, 4.69) is 53.9 Å². The molecule has 4 saturated carbocycles. The number of anilines is 1. The lowest BCUT2D eigenvalue weighted by atomic mass is 9.43. The molecule has 3 N–H and O–H groups in total. The van der Waals surface area contributed by atoms with Gasteiger partial charge >= 0.3 is 0 Å². The van der Waals surface area contributed by atoms with Gasteiger partial charge in [0.05, 0.1) is 11.2 Å². The number of benzene rings is 1. The van der Waals surface area contributed by atoms with Gasteiger partial charge in [0.25, 0.3) is 0 Å². The lowest BCUT2D eigenvalue weighted by Gasteiger charge is -2.64. The summed E-state index contributed by atoms with van der Waals surface area (Å²) >= 11 is 2.33. The van der Waals surface area contributed by atoms with E-state index in [1.165, 1.54) is 42.1 Å². The second-order valence-corrected chi connectivity index (χ2v) is 10.1. The third-order valence-corrected chi connectivity index (χ3v) is 7.03. The van der Waals surface area contributed by atoms with Crippen LogP contribution in [0.5, 0.6) is 0 Å². The van der Waals surface area contributed by atoms with Gasteiger partial charge < -0.3 is 11.1 Å². The highest BCUT2D eigenvalue weighted by atomic mass is 127. The first kappa shape index (κ1) is 15.7. The molecule has 4 fully saturated rings. The molecule has 0 aliphatic heterocycles. The Hall–Kier alpha value is -0.780. The Morgan fingerprint density at radius 1 is 1.13 bits per heavy atom. The van der Waals surface area contributed by atoms with E-state index < -0.39 is 0 Å². The van der Waals surface area contributed by atoms with E-state index in [1.54, 1.807) is 0 Å². The van der Waals surface area contributed by atoms with E-state index >= 15 is 0 Å². The summed E-state index contributed by atoms with van der Waals surface area (Å²) in [7, 11) is 0. The maximum Gasteiger partial charge on any atom is 0.193 e. The Labute approximate surface area is 152 Å².